The first-order valence-electron chi connectivity index (χ1n) is 5.21. The molecule has 0 fully saturated rings. The molecular weight excluding hydrogens is 250 g/mol. The summed E-state index contributed by atoms with van der Waals surface area (Å²) in [7, 11) is 0. The first kappa shape index (κ1) is 12.6. The molecule has 6 heteroatoms. The van der Waals surface area contributed by atoms with Crippen molar-refractivity contribution in [2.45, 2.75) is 19.9 Å². The molecule has 1 aromatic heterocycles. The highest BCUT2D eigenvalue weighted by Gasteiger charge is 2.26. The van der Waals surface area contributed by atoms with Crippen molar-refractivity contribution in [1.29, 1.82) is 0 Å². The van der Waals surface area contributed by atoms with Crippen molar-refractivity contribution in [1.82, 2.24) is 4.57 Å². The van der Waals surface area contributed by atoms with Crippen LogP contribution < -0.4 is 0 Å². The molecule has 0 saturated carbocycles. The fourth-order valence-corrected chi connectivity index (χ4v) is 1.90. The van der Waals surface area contributed by atoms with Gasteiger partial charge in [-0.3, -0.25) is 4.79 Å². The summed E-state index contributed by atoms with van der Waals surface area (Å²) in [6, 6.07) is -0.333. The number of aldehydes is 1. The van der Waals surface area contributed by atoms with Crippen LogP contribution in [0.4, 0.5) is 17.6 Å². The van der Waals surface area contributed by atoms with Gasteiger partial charge in [0.2, 0.25) is 0 Å². The van der Waals surface area contributed by atoms with Gasteiger partial charge in [-0.25, -0.2) is 17.6 Å². The number of rotatable bonds is 2. The van der Waals surface area contributed by atoms with E-state index in [4.69, 9.17) is 0 Å². The number of fused-ring (bicyclic) bond motifs is 1. The average Bonchev–Trinajstić information content (AvgIpc) is 2.73. The summed E-state index contributed by atoms with van der Waals surface area (Å²) in [6.45, 7) is 3.29. The van der Waals surface area contributed by atoms with E-state index in [1.165, 1.54) is 10.8 Å². The van der Waals surface area contributed by atoms with Crippen LogP contribution in [0.3, 0.4) is 0 Å². The van der Waals surface area contributed by atoms with Crippen LogP contribution in [0.2, 0.25) is 0 Å². The monoisotopic (exact) mass is 259 g/mol. The van der Waals surface area contributed by atoms with E-state index >= 15 is 0 Å². The molecule has 0 saturated heterocycles. The molecule has 0 spiro atoms. The molecule has 18 heavy (non-hydrogen) atoms. The van der Waals surface area contributed by atoms with Crippen molar-refractivity contribution in [2.24, 2.45) is 0 Å². The van der Waals surface area contributed by atoms with Gasteiger partial charge in [-0.1, -0.05) is 0 Å². The Bertz CT molecular complexity index is 646. The van der Waals surface area contributed by atoms with Crippen LogP contribution in [-0.2, 0) is 0 Å². The Morgan fingerprint density at radius 3 is 2.11 bits per heavy atom. The average molecular weight is 259 g/mol. The van der Waals surface area contributed by atoms with Gasteiger partial charge in [0.1, 0.15) is 0 Å². The summed E-state index contributed by atoms with van der Waals surface area (Å²) in [5.41, 5.74) is -0.655. The highest BCUT2D eigenvalue weighted by Crippen LogP contribution is 2.32. The molecule has 0 aliphatic heterocycles. The zero-order chi connectivity index (χ0) is 13.6. The summed E-state index contributed by atoms with van der Waals surface area (Å²) in [6.07, 6.45) is 1.45. The molecule has 1 aromatic carbocycles. The van der Waals surface area contributed by atoms with Crippen LogP contribution in [-0.4, -0.2) is 10.9 Å². The van der Waals surface area contributed by atoms with E-state index in [0.717, 1.165) is 0 Å². The maximum atomic E-state index is 13.7. The van der Waals surface area contributed by atoms with Gasteiger partial charge in [-0.2, -0.15) is 0 Å². The van der Waals surface area contributed by atoms with Crippen LogP contribution in [0.15, 0.2) is 6.20 Å². The maximum Gasteiger partial charge on any atom is 0.199 e. The predicted molar refractivity (Wildman–Crippen MR) is 57.5 cm³/mol. The molecule has 2 aromatic rings. The second kappa shape index (κ2) is 4.12. The van der Waals surface area contributed by atoms with Gasteiger partial charge < -0.3 is 4.57 Å². The maximum absolute atomic E-state index is 13.7. The zero-order valence-corrected chi connectivity index (χ0v) is 9.60. The lowest BCUT2D eigenvalue weighted by Crippen LogP contribution is -2.04. The molecule has 96 valence electrons. The molecule has 0 atom stereocenters. The van der Waals surface area contributed by atoms with Gasteiger partial charge in [0.25, 0.3) is 0 Å². The predicted octanol–water partition coefficient (Wildman–Crippen LogP) is 3.59. The molecule has 0 N–H and O–H groups in total. The topological polar surface area (TPSA) is 22.0 Å². The fourth-order valence-electron chi connectivity index (χ4n) is 1.90. The van der Waals surface area contributed by atoms with Crippen LogP contribution in [0.25, 0.3) is 10.9 Å². The highest BCUT2D eigenvalue weighted by atomic mass is 19.2. The Balaban J connectivity index is 3.06. The van der Waals surface area contributed by atoms with E-state index in [1.54, 1.807) is 13.8 Å². The van der Waals surface area contributed by atoms with Crippen LogP contribution in [0.5, 0.6) is 0 Å². The van der Waals surface area contributed by atoms with E-state index in [1.807, 2.05) is 0 Å². The third-order valence-electron chi connectivity index (χ3n) is 2.75. The minimum absolute atomic E-state index is 0.214. The first-order chi connectivity index (χ1) is 8.40. The largest absolute Gasteiger partial charge is 0.342 e. The summed E-state index contributed by atoms with van der Waals surface area (Å²) in [5, 5.41) is -0.532. The summed E-state index contributed by atoms with van der Waals surface area (Å²) >= 11 is 0. The number of aromatic nitrogens is 1. The minimum atomic E-state index is -1.91. The Kier molecular flexibility index (Phi) is 2.88. The van der Waals surface area contributed by atoms with Crippen molar-refractivity contribution < 1.29 is 22.4 Å². The molecule has 0 unspecified atom stereocenters. The van der Waals surface area contributed by atoms with Crippen molar-refractivity contribution in [3.8, 4) is 0 Å². The standard InChI is InChI=1S/C12H9F4NO/c1-5(2)17-3-6(4-18)7-8(13)9(14)10(15)11(16)12(7)17/h3-5H,1-2H3. The van der Waals surface area contributed by atoms with Gasteiger partial charge >= 0.3 is 0 Å². The lowest BCUT2D eigenvalue weighted by Gasteiger charge is -2.10. The number of carbonyl (C=O) groups excluding carboxylic acids is 1. The second-order valence-corrected chi connectivity index (χ2v) is 4.18. The van der Waals surface area contributed by atoms with E-state index in [9.17, 15) is 22.4 Å². The number of hydrogen-bond acceptors (Lipinski definition) is 1. The minimum Gasteiger partial charge on any atom is -0.342 e. The Labute approximate surface area is 99.8 Å². The van der Waals surface area contributed by atoms with Crippen molar-refractivity contribution >= 4 is 17.2 Å². The Morgan fingerprint density at radius 2 is 1.61 bits per heavy atom. The van der Waals surface area contributed by atoms with Gasteiger partial charge in [-0.15, -0.1) is 0 Å². The number of halogens is 4. The van der Waals surface area contributed by atoms with Crippen molar-refractivity contribution in [3.63, 3.8) is 0 Å². The Hall–Kier alpha value is -1.85. The molecule has 0 radical (unpaired) electrons. The molecule has 2 nitrogen and oxygen atoms in total. The quantitative estimate of drug-likeness (QED) is 0.349. The molecule has 0 aliphatic rings. The lowest BCUT2D eigenvalue weighted by atomic mass is 10.1. The SMILES string of the molecule is CC(C)n1cc(C=O)c2c(F)c(F)c(F)c(F)c21. The summed E-state index contributed by atoms with van der Waals surface area (Å²) < 4.78 is 54.8. The third kappa shape index (κ3) is 1.52. The number of nitrogens with zero attached hydrogens (tertiary/aromatic N) is 1. The van der Waals surface area contributed by atoms with Gasteiger partial charge in [0.15, 0.2) is 29.6 Å². The fraction of sp³-hybridized carbons (Fsp3) is 0.250. The van der Waals surface area contributed by atoms with Gasteiger partial charge in [0.05, 0.1) is 10.9 Å². The number of benzene rings is 1. The molecule has 2 rings (SSSR count). The highest BCUT2D eigenvalue weighted by molar-refractivity contribution is 5.98. The molecule has 1 heterocycles. The normalized spacial score (nSPS) is 11.5. The summed E-state index contributed by atoms with van der Waals surface area (Å²) in [5.74, 6) is -6.84. The molecule has 0 amide bonds. The second-order valence-electron chi connectivity index (χ2n) is 4.18. The molecular formula is C12H9F4NO. The zero-order valence-electron chi connectivity index (χ0n) is 9.60. The van der Waals surface area contributed by atoms with E-state index in [2.05, 4.69) is 0 Å². The third-order valence-corrected chi connectivity index (χ3v) is 2.75. The van der Waals surface area contributed by atoms with Crippen LogP contribution in [0, 0.1) is 23.3 Å². The summed E-state index contributed by atoms with van der Waals surface area (Å²) in [4.78, 5) is 10.8. The van der Waals surface area contributed by atoms with E-state index in [-0.39, 0.29) is 17.9 Å². The number of hydrogen-bond donors (Lipinski definition) is 0. The van der Waals surface area contributed by atoms with Crippen LogP contribution >= 0.6 is 0 Å². The van der Waals surface area contributed by atoms with Gasteiger partial charge in [-0.05, 0) is 13.8 Å². The smallest absolute Gasteiger partial charge is 0.199 e. The number of carbonyl (C=O) groups is 1. The van der Waals surface area contributed by atoms with E-state index in [0.29, 0.717) is 0 Å². The van der Waals surface area contributed by atoms with Crippen molar-refractivity contribution in [2.75, 3.05) is 0 Å². The Morgan fingerprint density at radius 1 is 1.06 bits per heavy atom. The van der Waals surface area contributed by atoms with Crippen LogP contribution in [0.1, 0.15) is 30.2 Å². The van der Waals surface area contributed by atoms with E-state index < -0.39 is 34.2 Å². The van der Waals surface area contributed by atoms with Crippen molar-refractivity contribution in [3.05, 3.63) is 35.0 Å². The lowest BCUT2D eigenvalue weighted by molar-refractivity contribution is 0.112. The molecule has 0 aliphatic carbocycles. The molecule has 0 bridgehead atoms. The first-order valence-corrected chi connectivity index (χ1v) is 5.21. The van der Waals surface area contributed by atoms with Gasteiger partial charge in [0, 0.05) is 17.8 Å².